The Bertz CT molecular complexity index is 1170. The molecule has 2 amide bonds. The Morgan fingerprint density at radius 3 is 2.39 bits per heavy atom. The number of carbonyl (C=O) groups excluding carboxylic acids is 2. The lowest BCUT2D eigenvalue weighted by molar-refractivity contribution is -0.388. The van der Waals surface area contributed by atoms with Crippen molar-refractivity contribution >= 4 is 46.1 Å². The van der Waals surface area contributed by atoms with E-state index in [2.05, 4.69) is 10.6 Å². The van der Waals surface area contributed by atoms with E-state index >= 15 is 0 Å². The van der Waals surface area contributed by atoms with E-state index in [0.29, 0.717) is 27.7 Å². The van der Waals surface area contributed by atoms with E-state index in [4.69, 9.17) is 11.6 Å². The third-order valence-electron chi connectivity index (χ3n) is 4.47. The van der Waals surface area contributed by atoms with Crippen molar-refractivity contribution in [2.75, 3.05) is 5.32 Å². The molecule has 2 aromatic carbocycles. The van der Waals surface area contributed by atoms with Gasteiger partial charge in [0, 0.05) is 27.2 Å². The Labute approximate surface area is 194 Å². The van der Waals surface area contributed by atoms with Gasteiger partial charge in [0.05, 0.1) is 17.4 Å². The minimum atomic E-state index is -5.02. The number of amides is 2. The Kier molecular flexibility index (Phi) is 7.34. The third kappa shape index (κ3) is 6.30. The molecule has 1 atom stereocenters. The maximum absolute atomic E-state index is 13.2. The molecule has 0 aliphatic carbocycles. The molecular formula is C21H15ClF3N3O4S. The number of nitro groups is 1. The molecule has 0 fully saturated rings. The van der Waals surface area contributed by atoms with Crippen molar-refractivity contribution in [3.8, 4) is 0 Å². The van der Waals surface area contributed by atoms with Gasteiger partial charge in [-0.05, 0) is 47.8 Å². The van der Waals surface area contributed by atoms with Crippen LogP contribution in [0.1, 0.15) is 33.3 Å². The minimum Gasteiger partial charge on any atom is -0.344 e. The average molecular weight is 498 g/mol. The monoisotopic (exact) mass is 497 g/mol. The number of thiophene rings is 1. The van der Waals surface area contributed by atoms with E-state index < -0.39 is 45.8 Å². The molecular weight excluding hydrogens is 483 g/mol. The zero-order chi connectivity index (χ0) is 24.2. The zero-order valence-corrected chi connectivity index (χ0v) is 18.1. The fourth-order valence-corrected chi connectivity index (χ4v) is 3.85. The Morgan fingerprint density at radius 2 is 1.82 bits per heavy atom. The van der Waals surface area contributed by atoms with Crippen molar-refractivity contribution in [1.29, 1.82) is 0 Å². The van der Waals surface area contributed by atoms with E-state index in [1.807, 2.05) is 0 Å². The molecule has 0 radical (unpaired) electrons. The maximum Gasteiger partial charge on any atom is 0.423 e. The number of nitrogens with one attached hydrogen (secondary N) is 2. The molecule has 0 aliphatic rings. The summed E-state index contributed by atoms with van der Waals surface area (Å²) in [5.74, 6) is -1.36. The van der Waals surface area contributed by atoms with Crippen LogP contribution in [0.4, 0.5) is 24.5 Å². The van der Waals surface area contributed by atoms with E-state index in [0.717, 1.165) is 6.07 Å². The summed E-state index contributed by atoms with van der Waals surface area (Å²) in [7, 11) is 0. The molecule has 2 N–H and O–H groups in total. The molecule has 1 unspecified atom stereocenters. The molecule has 172 valence electrons. The number of benzene rings is 2. The first-order valence-electron chi connectivity index (χ1n) is 9.30. The molecule has 1 aromatic heterocycles. The third-order valence-corrected chi connectivity index (χ3v) is 5.71. The molecule has 12 heteroatoms. The highest BCUT2D eigenvalue weighted by Gasteiger charge is 2.39. The molecule has 7 nitrogen and oxygen atoms in total. The molecule has 0 saturated heterocycles. The van der Waals surface area contributed by atoms with Crippen LogP contribution >= 0.6 is 22.9 Å². The summed E-state index contributed by atoms with van der Waals surface area (Å²) >= 11 is 7.07. The summed E-state index contributed by atoms with van der Waals surface area (Å²) in [6.45, 7) is 0. The highest BCUT2D eigenvalue weighted by molar-refractivity contribution is 7.10. The van der Waals surface area contributed by atoms with Crippen LogP contribution in [-0.4, -0.2) is 16.7 Å². The quantitative estimate of drug-likeness (QED) is 0.317. The standard InChI is InChI=1S/C21H15ClF3N3O4S/c22-13-4-6-14(7-5-13)26-19(29)11-16(18-2-1-9-33-18)27-20(30)12-3-8-17(28(31)32)15(10-12)21(23,24)25/h1-10,16H,11H2,(H,26,29)(H,27,30). The molecule has 1 heterocycles. The van der Waals surface area contributed by atoms with Crippen LogP contribution in [0, 0.1) is 10.1 Å². The van der Waals surface area contributed by atoms with Crippen LogP contribution < -0.4 is 10.6 Å². The van der Waals surface area contributed by atoms with Gasteiger partial charge in [0.1, 0.15) is 5.56 Å². The fourth-order valence-electron chi connectivity index (χ4n) is 2.95. The van der Waals surface area contributed by atoms with Crippen LogP contribution in [0.3, 0.4) is 0 Å². The van der Waals surface area contributed by atoms with E-state index in [1.165, 1.54) is 11.3 Å². The second kappa shape index (κ2) is 10.0. The van der Waals surface area contributed by atoms with Crippen molar-refractivity contribution < 1.29 is 27.7 Å². The average Bonchev–Trinajstić information content (AvgIpc) is 3.28. The summed E-state index contributed by atoms with van der Waals surface area (Å²) in [5.41, 5.74) is -2.64. The first-order chi connectivity index (χ1) is 15.5. The van der Waals surface area contributed by atoms with Gasteiger partial charge in [-0.1, -0.05) is 17.7 Å². The van der Waals surface area contributed by atoms with Crippen molar-refractivity contribution in [2.45, 2.75) is 18.6 Å². The van der Waals surface area contributed by atoms with Crippen molar-refractivity contribution in [2.24, 2.45) is 0 Å². The molecule has 33 heavy (non-hydrogen) atoms. The molecule has 0 saturated carbocycles. The molecule has 3 rings (SSSR count). The molecule has 0 bridgehead atoms. The lowest BCUT2D eigenvalue weighted by Gasteiger charge is -2.18. The summed E-state index contributed by atoms with van der Waals surface area (Å²) in [6, 6.07) is 10.9. The summed E-state index contributed by atoms with van der Waals surface area (Å²) in [4.78, 5) is 35.6. The first-order valence-corrected chi connectivity index (χ1v) is 10.6. The maximum atomic E-state index is 13.2. The van der Waals surface area contributed by atoms with Crippen LogP contribution in [0.5, 0.6) is 0 Å². The van der Waals surface area contributed by atoms with Crippen LogP contribution in [-0.2, 0) is 11.0 Å². The second-order valence-electron chi connectivity index (χ2n) is 6.79. The predicted octanol–water partition coefficient (Wildman–Crippen LogP) is 5.83. The van der Waals surface area contributed by atoms with Crippen molar-refractivity contribution in [3.63, 3.8) is 0 Å². The van der Waals surface area contributed by atoms with E-state index in [1.54, 1.807) is 41.8 Å². The second-order valence-corrected chi connectivity index (χ2v) is 8.20. The number of alkyl halides is 3. The van der Waals surface area contributed by atoms with Gasteiger partial charge in [-0.25, -0.2) is 0 Å². The smallest absolute Gasteiger partial charge is 0.344 e. The Balaban J connectivity index is 1.81. The van der Waals surface area contributed by atoms with Gasteiger partial charge in [0.15, 0.2) is 0 Å². The Morgan fingerprint density at radius 1 is 1.12 bits per heavy atom. The van der Waals surface area contributed by atoms with Gasteiger partial charge < -0.3 is 10.6 Å². The number of rotatable bonds is 7. The number of hydrogen-bond donors (Lipinski definition) is 2. The van der Waals surface area contributed by atoms with Gasteiger partial charge in [-0.15, -0.1) is 11.3 Å². The van der Waals surface area contributed by atoms with Gasteiger partial charge in [-0.2, -0.15) is 13.2 Å². The lowest BCUT2D eigenvalue weighted by atomic mass is 10.1. The summed E-state index contributed by atoms with van der Waals surface area (Å²) in [5, 5.41) is 18.3. The Hall–Kier alpha value is -3.44. The van der Waals surface area contributed by atoms with Crippen molar-refractivity contribution in [1.82, 2.24) is 5.32 Å². The minimum absolute atomic E-state index is 0.200. The number of halogens is 4. The van der Waals surface area contributed by atoms with E-state index in [9.17, 15) is 32.9 Å². The van der Waals surface area contributed by atoms with Crippen molar-refractivity contribution in [3.05, 3.63) is 91.1 Å². The topological polar surface area (TPSA) is 101 Å². The van der Waals surface area contributed by atoms with Gasteiger partial charge >= 0.3 is 6.18 Å². The first kappa shape index (κ1) is 24.2. The number of anilines is 1. The van der Waals surface area contributed by atoms with Gasteiger partial charge in [0.25, 0.3) is 11.6 Å². The highest BCUT2D eigenvalue weighted by atomic mass is 35.5. The SMILES string of the molecule is O=C(CC(NC(=O)c1ccc([N+](=O)[O-])c(C(F)(F)F)c1)c1cccs1)Nc1ccc(Cl)cc1. The normalized spacial score (nSPS) is 12.1. The molecule has 0 spiro atoms. The number of hydrogen-bond acceptors (Lipinski definition) is 5. The predicted molar refractivity (Wildman–Crippen MR) is 117 cm³/mol. The highest BCUT2D eigenvalue weighted by Crippen LogP contribution is 2.36. The van der Waals surface area contributed by atoms with Crippen LogP contribution in [0.15, 0.2) is 60.0 Å². The van der Waals surface area contributed by atoms with Gasteiger partial charge in [0.2, 0.25) is 5.91 Å². The summed E-state index contributed by atoms with van der Waals surface area (Å²) < 4.78 is 39.7. The largest absolute Gasteiger partial charge is 0.423 e. The number of nitro benzene ring substituents is 1. The van der Waals surface area contributed by atoms with Crippen LogP contribution in [0.2, 0.25) is 5.02 Å². The number of nitrogens with zero attached hydrogens (tertiary/aromatic N) is 1. The molecule has 0 aliphatic heterocycles. The van der Waals surface area contributed by atoms with Crippen LogP contribution in [0.25, 0.3) is 0 Å². The zero-order valence-electron chi connectivity index (χ0n) is 16.6. The number of carbonyl (C=O) groups is 2. The lowest BCUT2D eigenvalue weighted by Crippen LogP contribution is -2.31. The fraction of sp³-hybridized carbons (Fsp3) is 0.143. The summed E-state index contributed by atoms with van der Waals surface area (Å²) in [6.07, 6.45) is -5.22. The van der Waals surface area contributed by atoms with E-state index in [-0.39, 0.29) is 6.42 Å². The van der Waals surface area contributed by atoms with Gasteiger partial charge in [-0.3, -0.25) is 19.7 Å². The molecule has 3 aromatic rings.